The Morgan fingerprint density at radius 3 is 2.65 bits per heavy atom. The first kappa shape index (κ1) is 14.6. The molecule has 1 aliphatic rings. The normalized spacial score (nSPS) is 18.6. The van der Waals surface area contributed by atoms with Crippen LogP contribution in [0.1, 0.15) is 26.2 Å². The van der Waals surface area contributed by atoms with E-state index in [4.69, 9.17) is 9.47 Å². The number of ether oxygens (including phenoxy) is 2. The number of nitrogens with zero attached hydrogens (tertiary/aromatic N) is 1. The summed E-state index contributed by atoms with van der Waals surface area (Å²) >= 11 is 0. The number of nitro benzene ring substituents is 1. The number of benzene rings is 1. The minimum atomic E-state index is -0.436. The van der Waals surface area contributed by atoms with Crippen LogP contribution >= 0.6 is 0 Å². The summed E-state index contributed by atoms with van der Waals surface area (Å²) in [7, 11) is 0. The Morgan fingerprint density at radius 1 is 1.30 bits per heavy atom. The summed E-state index contributed by atoms with van der Waals surface area (Å²) in [5, 5.41) is 14.3. The Labute approximate surface area is 118 Å². The maximum atomic E-state index is 10.9. The van der Waals surface area contributed by atoms with Crippen LogP contribution in [0.2, 0.25) is 0 Å². The number of nitro groups is 1. The summed E-state index contributed by atoms with van der Waals surface area (Å²) in [6.07, 6.45) is 3.47. The molecule has 0 spiro atoms. The van der Waals surface area contributed by atoms with Crippen LogP contribution in [-0.2, 0) is 0 Å². The Bertz CT molecular complexity index is 458. The van der Waals surface area contributed by atoms with Gasteiger partial charge in [0.1, 0.15) is 18.1 Å². The lowest BCUT2D eigenvalue weighted by atomic mass is 10.1. The average molecular weight is 280 g/mol. The van der Waals surface area contributed by atoms with Crippen molar-refractivity contribution in [2.75, 3.05) is 19.8 Å². The first-order valence-corrected chi connectivity index (χ1v) is 6.97. The zero-order chi connectivity index (χ0) is 14.4. The van der Waals surface area contributed by atoms with Gasteiger partial charge in [-0.15, -0.1) is 0 Å². The van der Waals surface area contributed by atoms with Crippen LogP contribution in [0.15, 0.2) is 18.2 Å². The molecule has 1 fully saturated rings. The van der Waals surface area contributed by atoms with Gasteiger partial charge in [0.25, 0.3) is 5.69 Å². The third-order valence-corrected chi connectivity index (χ3v) is 3.25. The molecule has 20 heavy (non-hydrogen) atoms. The fraction of sp³-hybridized carbons (Fsp3) is 0.571. The van der Waals surface area contributed by atoms with Crippen LogP contribution in [0, 0.1) is 10.1 Å². The molecule has 1 N–H and O–H groups in total. The van der Waals surface area contributed by atoms with Crippen LogP contribution in [-0.4, -0.2) is 30.7 Å². The summed E-state index contributed by atoms with van der Waals surface area (Å²) in [5.41, 5.74) is -0.0115. The van der Waals surface area contributed by atoms with Crippen molar-refractivity contribution in [3.63, 3.8) is 0 Å². The summed E-state index contributed by atoms with van der Waals surface area (Å²) in [4.78, 5) is 10.5. The number of hydrogen-bond acceptors (Lipinski definition) is 5. The number of piperidine rings is 1. The van der Waals surface area contributed by atoms with Crippen molar-refractivity contribution in [2.45, 2.75) is 32.2 Å². The summed E-state index contributed by atoms with van der Waals surface area (Å²) in [5.74, 6) is 0.948. The van der Waals surface area contributed by atoms with Crippen LogP contribution in [0.5, 0.6) is 11.5 Å². The molecule has 0 bridgehead atoms. The van der Waals surface area contributed by atoms with Crippen molar-refractivity contribution in [1.29, 1.82) is 0 Å². The highest BCUT2D eigenvalue weighted by molar-refractivity contribution is 5.46. The molecule has 1 heterocycles. The molecule has 2 rings (SSSR count). The van der Waals surface area contributed by atoms with Crippen LogP contribution in [0.25, 0.3) is 0 Å². The van der Waals surface area contributed by atoms with Crippen molar-refractivity contribution < 1.29 is 14.4 Å². The Balaban J connectivity index is 2.03. The number of rotatable bonds is 6. The Hall–Kier alpha value is -1.82. The molecule has 1 atom stereocenters. The van der Waals surface area contributed by atoms with Gasteiger partial charge in [0.05, 0.1) is 23.7 Å². The summed E-state index contributed by atoms with van der Waals surface area (Å²) in [6.45, 7) is 3.83. The predicted molar refractivity (Wildman–Crippen MR) is 75.4 cm³/mol. The van der Waals surface area contributed by atoms with Gasteiger partial charge in [-0.05, 0) is 26.3 Å². The van der Waals surface area contributed by atoms with E-state index >= 15 is 0 Å². The molecule has 0 aromatic heterocycles. The number of nitrogens with one attached hydrogen (secondary N) is 1. The average Bonchev–Trinajstić information content (AvgIpc) is 2.46. The van der Waals surface area contributed by atoms with Gasteiger partial charge in [-0.25, -0.2) is 0 Å². The second-order valence-corrected chi connectivity index (χ2v) is 4.81. The highest BCUT2D eigenvalue weighted by Gasteiger charge is 2.15. The van der Waals surface area contributed by atoms with Gasteiger partial charge in [0.15, 0.2) is 0 Å². The number of non-ortho nitro benzene ring substituents is 1. The van der Waals surface area contributed by atoms with Crippen molar-refractivity contribution in [3.05, 3.63) is 28.3 Å². The van der Waals surface area contributed by atoms with Crippen molar-refractivity contribution in [2.24, 2.45) is 0 Å². The highest BCUT2D eigenvalue weighted by atomic mass is 16.6. The Kier molecular flexibility index (Phi) is 5.17. The van der Waals surface area contributed by atoms with E-state index in [0.717, 1.165) is 13.0 Å². The lowest BCUT2D eigenvalue weighted by molar-refractivity contribution is -0.385. The van der Waals surface area contributed by atoms with Crippen molar-refractivity contribution in [3.8, 4) is 11.5 Å². The standard InChI is InChI=1S/C14H20N2O4/c1-2-19-13-7-12(16(17)18)8-14(9-13)20-10-11-5-3-4-6-15-11/h7-9,11,15H,2-6,10H2,1H3. The zero-order valence-corrected chi connectivity index (χ0v) is 11.6. The van der Waals surface area contributed by atoms with E-state index in [2.05, 4.69) is 5.32 Å². The molecule has 110 valence electrons. The molecule has 0 amide bonds. The van der Waals surface area contributed by atoms with E-state index < -0.39 is 4.92 Å². The quantitative estimate of drug-likeness (QED) is 0.640. The van der Waals surface area contributed by atoms with Gasteiger partial charge in [0.2, 0.25) is 0 Å². The van der Waals surface area contributed by atoms with E-state index in [-0.39, 0.29) is 5.69 Å². The second kappa shape index (κ2) is 7.09. The highest BCUT2D eigenvalue weighted by Crippen LogP contribution is 2.28. The topological polar surface area (TPSA) is 73.6 Å². The molecule has 6 heteroatoms. The molecule has 6 nitrogen and oxygen atoms in total. The fourth-order valence-corrected chi connectivity index (χ4v) is 2.26. The molecule has 1 aromatic rings. The number of hydrogen-bond donors (Lipinski definition) is 1. The van der Waals surface area contributed by atoms with Crippen molar-refractivity contribution in [1.82, 2.24) is 5.32 Å². The van der Waals surface area contributed by atoms with E-state index in [1.165, 1.54) is 25.0 Å². The second-order valence-electron chi connectivity index (χ2n) is 4.81. The van der Waals surface area contributed by atoms with Crippen LogP contribution in [0.4, 0.5) is 5.69 Å². The fourth-order valence-electron chi connectivity index (χ4n) is 2.26. The molecule has 1 aromatic carbocycles. The first-order valence-electron chi connectivity index (χ1n) is 6.97. The maximum absolute atomic E-state index is 10.9. The smallest absolute Gasteiger partial charge is 0.276 e. The summed E-state index contributed by atoms with van der Waals surface area (Å²) < 4.78 is 11.0. The van der Waals surface area contributed by atoms with E-state index in [1.54, 1.807) is 6.07 Å². The van der Waals surface area contributed by atoms with Crippen LogP contribution < -0.4 is 14.8 Å². The SMILES string of the molecule is CCOc1cc(OCC2CCCCN2)cc([N+](=O)[O-])c1. The van der Waals surface area contributed by atoms with Crippen LogP contribution in [0.3, 0.4) is 0 Å². The van der Waals surface area contributed by atoms with Gasteiger partial charge in [-0.3, -0.25) is 10.1 Å². The molecular weight excluding hydrogens is 260 g/mol. The van der Waals surface area contributed by atoms with Gasteiger partial charge < -0.3 is 14.8 Å². The first-order chi connectivity index (χ1) is 9.69. The monoisotopic (exact) mass is 280 g/mol. The van der Waals surface area contributed by atoms with Crippen molar-refractivity contribution >= 4 is 5.69 Å². The maximum Gasteiger partial charge on any atom is 0.276 e. The molecule has 1 aliphatic heterocycles. The van der Waals surface area contributed by atoms with Gasteiger partial charge >= 0.3 is 0 Å². The lowest BCUT2D eigenvalue weighted by Gasteiger charge is -2.23. The molecule has 0 aliphatic carbocycles. The molecule has 1 saturated heterocycles. The van der Waals surface area contributed by atoms with Gasteiger partial charge in [0, 0.05) is 12.1 Å². The minimum Gasteiger partial charge on any atom is -0.493 e. The largest absolute Gasteiger partial charge is 0.493 e. The lowest BCUT2D eigenvalue weighted by Crippen LogP contribution is -2.38. The van der Waals surface area contributed by atoms with Gasteiger partial charge in [-0.2, -0.15) is 0 Å². The Morgan fingerprint density at radius 2 is 2.05 bits per heavy atom. The van der Waals surface area contributed by atoms with E-state index in [9.17, 15) is 10.1 Å². The third kappa shape index (κ3) is 4.09. The third-order valence-electron chi connectivity index (χ3n) is 3.25. The molecular formula is C14H20N2O4. The zero-order valence-electron chi connectivity index (χ0n) is 11.6. The minimum absolute atomic E-state index is 0.0115. The summed E-state index contributed by atoms with van der Waals surface area (Å²) in [6, 6.07) is 4.86. The molecule has 1 unspecified atom stereocenters. The predicted octanol–water partition coefficient (Wildman–Crippen LogP) is 2.51. The van der Waals surface area contributed by atoms with E-state index in [1.807, 2.05) is 6.92 Å². The van der Waals surface area contributed by atoms with Gasteiger partial charge in [-0.1, -0.05) is 6.42 Å². The molecule has 0 saturated carbocycles. The van der Waals surface area contributed by atoms with E-state index in [0.29, 0.717) is 30.8 Å². The molecule has 0 radical (unpaired) electrons.